The van der Waals surface area contributed by atoms with Crippen LogP contribution in [0, 0.1) is 5.41 Å². The predicted molar refractivity (Wildman–Crippen MR) is 53.8 cm³/mol. The second-order valence-corrected chi connectivity index (χ2v) is 4.35. The minimum atomic E-state index is -0.667. The number of carbonyl (C=O) groups excluding carboxylic acids is 2. The topological polar surface area (TPSA) is 55.4 Å². The third-order valence-electron chi connectivity index (χ3n) is 1.86. The quantitative estimate of drug-likeness (QED) is 0.744. The highest BCUT2D eigenvalue weighted by molar-refractivity contribution is 5.90. The molecule has 0 aliphatic carbocycles. The van der Waals surface area contributed by atoms with Crippen molar-refractivity contribution in [2.24, 2.45) is 5.41 Å². The number of imide groups is 1. The molecule has 4 nitrogen and oxygen atoms in total. The fraction of sp³-hybridized carbons (Fsp3) is 0.800. The van der Waals surface area contributed by atoms with Crippen molar-refractivity contribution in [3.8, 4) is 0 Å². The number of hydrogen-bond donors (Lipinski definition) is 1. The van der Waals surface area contributed by atoms with E-state index in [0.29, 0.717) is 0 Å². The maximum Gasteiger partial charge on any atom is 0.414 e. The third-order valence-corrected chi connectivity index (χ3v) is 1.86. The van der Waals surface area contributed by atoms with Crippen LogP contribution in [0.4, 0.5) is 4.79 Å². The van der Waals surface area contributed by atoms with Crippen molar-refractivity contribution in [1.82, 2.24) is 5.32 Å². The van der Waals surface area contributed by atoms with Crippen LogP contribution in [0.1, 0.15) is 41.0 Å². The van der Waals surface area contributed by atoms with Crippen LogP contribution in [0.5, 0.6) is 0 Å². The zero-order valence-electron chi connectivity index (χ0n) is 9.51. The van der Waals surface area contributed by atoms with Gasteiger partial charge in [0.2, 0.25) is 5.91 Å². The van der Waals surface area contributed by atoms with Crippen LogP contribution in [0.25, 0.3) is 0 Å². The lowest BCUT2D eigenvalue weighted by Gasteiger charge is -2.29. The molecule has 0 unspecified atom stereocenters. The van der Waals surface area contributed by atoms with Gasteiger partial charge in [-0.3, -0.25) is 10.1 Å². The molecule has 0 radical (unpaired) electrons. The van der Waals surface area contributed by atoms with Crippen LogP contribution in [0.15, 0.2) is 0 Å². The average Bonchev–Trinajstić information content (AvgIpc) is 1.96. The summed E-state index contributed by atoms with van der Waals surface area (Å²) in [5.74, 6) is -0.404. The lowest BCUT2D eigenvalue weighted by Crippen LogP contribution is -2.37. The molecule has 0 saturated heterocycles. The van der Waals surface area contributed by atoms with Gasteiger partial charge in [0.1, 0.15) is 6.10 Å². The first kappa shape index (κ1) is 12.9. The SMILES string of the molecule is CC[C@@H](OC(=O)NC(C)=O)C(C)(C)C. The molecular formula is C10H19NO3. The van der Waals surface area contributed by atoms with E-state index in [1.54, 1.807) is 0 Å². The molecule has 0 spiro atoms. The Morgan fingerprint density at radius 2 is 1.86 bits per heavy atom. The van der Waals surface area contributed by atoms with E-state index >= 15 is 0 Å². The minimum Gasteiger partial charge on any atom is -0.445 e. The van der Waals surface area contributed by atoms with Crippen molar-refractivity contribution in [1.29, 1.82) is 0 Å². The van der Waals surface area contributed by atoms with Gasteiger partial charge in [-0.2, -0.15) is 0 Å². The Balaban J connectivity index is 4.19. The zero-order chi connectivity index (χ0) is 11.4. The molecule has 0 rings (SSSR count). The molecule has 0 heterocycles. The van der Waals surface area contributed by atoms with Gasteiger partial charge in [-0.25, -0.2) is 4.79 Å². The highest BCUT2D eigenvalue weighted by atomic mass is 16.6. The summed E-state index contributed by atoms with van der Waals surface area (Å²) in [6.45, 7) is 9.18. The van der Waals surface area contributed by atoms with Crippen LogP contribution in [0.2, 0.25) is 0 Å². The molecule has 0 fully saturated rings. The molecule has 1 N–H and O–H groups in total. The summed E-state index contributed by atoms with van der Waals surface area (Å²) in [5.41, 5.74) is -0.108. The van der Waals surface area contributed by atoms with Gasteiger partial charge in [0.15, 0.2) is 0 Å². The van der Waals surface area contributed by atoms with Crippen molar-refractivity contribution in [3.63, 3.8) is 0 Å². The molecule has 1 atom stereocenters. The van der Waals surface area contributed by atoms with E-state index in [2.05, 4.69) is 5.32 Å². The Bertz CT molecular complexity index is 218. The van der Waals surface area contributed by atoms with Gasteiger partial charge in [-0.15, -0.1) is 0 Å². The Kier molecular flexibility index (Phi) is 4.60. The molecular weight excluding hydrogens is 182 g/mol. The molecule has 0 aliphatic rings. The number of alkyl carbamates (subject to hydrolysis) is 1. The molecule has 82 valence electrons. The van der Waals surface area contributed by atoms with E-state index in [9.17, 15) is 9.59 Å². The van der Waals surface area contributed by atoms with E-state index in [1.807, 2.05) is 27.7 Å². The maximum absolute atomic E-state index is 11.1. The van der Waals surface area contributed by atoms with Crippen LogP contribution < -0.4 is 5.32 Å². The highest BCUT2D eigenvalue weighted by Gasteiger charge is 2.26. The Labute approximate surface area is 85.0 Å². The number of nitrogens with one attached hydrogen (secondary N) is 1. The Hall–Kier alpha value is -1.06. The smallest absolute Gasteiger partial charge is 0.414 e. The molecule has 0 aromatic carbocycles. The summed E-state index contributed by atoms with van der Waals surface area (Å²) in [6, 6.07) is 0. The second kappa shape index (κ2) is 4.98. The Morgan fingerprint density at radius 3 is 2.14 bits per heavy atom. The van der Waals surface area contributed by atoms with E-state index in [-0.39, 0.29) is 11.5 Å². The third kappa shape index (κ3) is 4.84. The number of ether oxygens (including phenoxy) is 1. The van der Waals surface area contributed by atoms with E-state index in [0.717, 1.165) is 6.42 Å². The molecule has 4 heteroatoms. The van der Waals surface area contributed by atoms with Crippen LogP contribution in [-0.2, 0) is 9.53 Å². The fourth-order valence-corrected chi connectivity index (χ4v) is 1.17. The summed E-state index contributed by atoms with van der Waals surface area (Å²) in [6.07, 6.45) is -0.115. The van der Waals surface area contributed by atoms with E-state index < -0.39 is 12.0 Å². The molecule has 0 aromatic rings. The highest BCUT2D eigenvalue weighted by Crippen LogP contribution is 2.24. The lowest BCUT2D eigenvalue weighted by molar-refractivity contribution is -0.118. The van der Waals surface area contributed by atoms with E-state index in [4.69, 9.17) is 4.74 Å². The monoisotopic (exact) mass is 201 g/mol. The molecule has 14 heavy (non-hydrogen) atoms. The number of carbonyl (C=O) groups is 2. The summed E-state index contributed by atoms with van der Waals surface area (Å²) in [5, 5.41) is 2.08. The molecule has 0 saturated carbocycles. The first-order valence-electron chi connectivity index (χ1n) is 4.75. The largest absolute Gasteiger partial charge is 0.445 e. The summed E-state index contributed by atoms with van der Waals surface area (Å²) < 4.78 is 5.10. The van der Waals surface area contributed by atoms with Crippen molar-refractivity contribution in [2.75, 3.05) is 0 Å². The fourth-order valence-electron chi connectivity index (χ4n) is 1.17. The van der Waals surface area contributed by atoms with Gasteiger partial charge in [-0.05, 0) is 11.8 Å². The first-order valence-corrected chi connectivity index (χ1v) is 4.75. The van der Waals surface area contributed by atoms with Crippen LogP contribution >= 0.6 is 0 Å². The lowest BCUT2D eigenvalue weighted by atomic mass is 9.87. The number of hydrogen-bond acceptors (Lipinski definition) is 3. The van der Waals surface area contributed by atoms with Gasteiger partial charge in [0.25, 0.3) is 0 Å². The van der Waals surface area contributed by atoms with Crippen molar-refractivity contribution < 1.29 is 14.3 Å². The normalized spacial score (nSPS) is 13.2. The number of rotatable bonds is 2. The van der Waals surface area contributed by atoms with Gasteiger partial charge < -0.3 is 4.74 Å². The van der Waals surface area contributed by atoms with Crippen LogP contribution in [-0.4, -0.2) is 18.1 Å². The van der Waals surface area contributed by atoms with Crippen LogP contribution in [0.3, 0.4) is 0 Å². The summed E-state index contributed by atoms with van der Waals surface area (Å²) in [4.78, 5) is 21.7. The maximum atomic E-state index is 11.1. The zero-order valence-corrected chi connectivity index (χ0v) is 9.51. The summed E-state index contributed by atoms with van der Waals surface area (Å²) >= 11 is 0. The van der Waals surface area contributed by atoms with Crippen molar-refractivity contribution in [2.45, 2.75) is 47.1 Å². The Morgan fingerprint density at radius 1 is 1.36 bits per heavy atom. The second-order valence-electron chi connectivity index (χ2n) is 4.35. The minimum absolute atomic E-state index is 0.108. The predicted octanol–water partition coefficient (Wildman–Crippen LogP) is 2.08. The standard InChI is InChI=1S/C10H19NO3/c1-6-8(10(3,4)5)14-9(13)11-7(2)12/h8H,6H2,1-5H3,(H,11,12,13)/t8-/m1/s1. The van der Waals surface area contributed by atoms with E-state index in [1.165, 1.54) is 6.92 Å². The van der Waals surface area contributed by atoms with Crippen molar-refractivity contribution in [3.05, 3.63) is 0 Å². The van der Waals surface area contributed by atoms with Gasteiger partial charge in [0, 0.05) is 6.92 Å². The van der Waals surface area contributed by atoms with Gasteiger partial charge in [-0.1, -0.05) is 27.7 Å². The van der Waals surface area contributed by atoms with Gasteiger partial charge >= 0.3 is 6.09 Å². The van der Waals surface area contributed by atoms with Gasteiger partial charge in [0.05, 0.1) is 0 Å². The molecule has 0 bridgehead atoms. The number of amides is 2. The first-order chi connectivity index (χ1) is 6.27. The van der Waals surface area contributed by atoms with Crippen molar-refractivity contribution >= 4 is 12.0 Å². The summed E-state index contributed by atoms with van der Waals surface area (Å²) in [7, 11) is 0. The molecule has 0 aromatic heterocycles. The average molecular weight is 201 g/mol. The molecule has 2 amide bonds. The molecule has 0 aliphatic heterocycles.